The van der Waals surface area contributed by atoms with E-state index in [0.29, 0.717) is 12.3 Å². The van der Waals surface area contributed by atoms with Gasteiger partial charge in [0.2, 0.25) is 11.8 Å². The van der Waals surface area contributed by atoms with E-state index in [2.05, 4.69) is 23.3 Å². The van der Waals surface area contributed by atoms with Gasteiger partial charge in [-0.1, -0.05) is 50.2 Å². The number of rotatable bonds is 10. The molecule has 0 spiro atoms. The molecule has 3 rings (SSSR count). The molecule has 0 aliphatic carbocycles. The number of fused-ring (bicyclic) bond motifs is 2. The molecule has 0 saturated heterocycles. The molecule has 3 N–H and O–H groups in total. The summed E-state index contributed by atoms with van der Waals surface area (Å²) in [6.45, 7) is 4.30. The van der Waals surface area contributed by atoms with Gasteiger partial charge < -0.3 is 25.2 Å². The van der Waals surface area contributed by atoms with Crippen LogP contribution in [0.1, 0.15) is 37.5 Å². The van der Waals surface area contributed by atoms with Gasteiger partial charge >= 0.3 is 0 Å². The third-order valence-corrected chi connectivity index (χ3v) is 5.54. The molecule has 2 amide bonds. The number of aliphatic hydroxyl groups excluding tert-OH is 1. The summed E-state index contributed by atoms with van der Waals surface area (Å²) in [7, 11) is 0. The van der Waals surface area contributed by atoms with Crippen LogP contribution in [0.5, 0.6) is 11.5 Å². The smallest absolute Gasteiger partial charge is 0.249 e. The first kappa shape index (κ1) is 24.1. The van der Waals surface area contributed by atoms with Crippen molar-refractivity contribution in [1.29, 1.82) is 0 Å². The van der Waals surface area contributed by atoms with Crippen LogP contribution in [0.3, 0.4) is 0 Å². The number of hydrogen-bond acceptors (Lipinski definition) is 6. The summed E-state index contributed by atoms with van der Waals surface area (Å²) in [5.74, 6) is 1.29. The molecule has 2 aromatic rings. The molecular formula is C24H30N2O5S. The van der Waals surface area contributed by atoms with Gasteiger partial charge in [-0.3, -0.25) is 9.59 Å². The summed E-state index contributed by atoms with van der Waals surface area (Å²) < 4.78 is 12.3. The highest BCUT2D eigenvalue weighted by Gasteiger charge is 2.36. The van der Waals surface area contributed by atoms with Crippen molar-refractivity contribution in [2.45, 2.75) is 32.5 Å². The molecule has 1 unspecified atom stereocenters. The predicted octanol–water partition coefficient (Wildman–Crippen LogP) is 2.84. The third-order valence-electron chi connectivity index (χ3n) is 5.32. The highest BCUT2D eigenvalue weighted by molar-refractivity contribution is 7.80. The van der Waals surface area contributed by atoms with Crippen molar-refractivity contribution < 1.29 is 24.2 Å². The van der Waals surface area contributed by atoms with Gasteiger partial charge in [0, 0.05) is 41.8 Å². The second kappa shape index (κ2) is 10.8. The van der Waals surface area contributed by atoms with Crippen molar-refractivity contribution in [3.63, 3.8) is 0 Å². The van der Waals surface area contributed by atoms with Crippen LogP contribution in [-0.2, 0) is 14.3 Å². The Morgan fingerprint density at radius 3 is 2.25 bits per heavy atom. The van der Waals surface area contributed by atoms with E-state index in [1.54, 1.807) is 13.8 Å². The lowest BCUT2D eigenvalue weighted by molar-refractivity contribution is -0.139. The van der Waals surface area contributed by atoms with E-state index in [0.717, 1.165) is 22.6 Å². The Hall–Kier alpha value is -2.55. The predicted molar refractivity (Wildman–Crippen MR) is 125 cm³/mol. The van der Waals surface area contributed by atoms with Gasteiger partial charge in [-0.15, -0.1) is 0 Å². The molecule has 1 aliphatic heterocycles. The molecule has 8 heteroatoms. The van der Waals surface area contributed by atoms with Gasteiger partial charge in [0.15, 0.2) is 0 Å². The quantitative estimate of drug-likeness (QED) is 0.411. The SMILES string of the molecule is CC(C)(COC1c2ccccc2Oc2ccccc21)C(O)C(=O)NCCC(=O)NCCS. The zero-order valence-electron chi connectivity index (χ0n) is 18.3. The topological polar surface area (TPSA) is 96.9 Å². The second-order valence-electron chi connectivity index (χ2n) is 8.37. The van der Waals surface area contributed by atoms with Crippen molar-refractivity contribution >= 4 is 24.4 Å². The molecule has 2 aromatic carbocycles. The monoisotopic (exact) mass is 458 g/mol. The van der Waals surface area contributed by atoms with Crippen molar-refractivity contribution in [2.24, 2.45) is 5.41 Å². The molecule has 0 fully saturated rings. The Kier molecular flexibility index (Phi) is 8.17. The number of aliphatic hydroxyl groups is 1. The maximum atomic E-state index is 12.5. The Balaban J connectivity index is 1.61. The highest BCUT2D eigenvalue weighted by atomic mass is 32.1. The maximum Gasteiger partial charge on any atom is 0.249 e. The van der Waals surface area contributed by atoms with Gasteiger partial charge in [0.05, 0.1) is 6.61 Å². The Labute approximate surface area is 193 Å². The highest BCUT2D eigenvalue weighted by Crippen LogP contribution is 2.45. The van der Waals surface area contributed by atoms with Crippen molar-refractivity contribution in [1.82, 2.24) is 10.6 Å². The molecule has 0 radical (unpaired) electrons. The lowest BCUT2D eigenvalue weighted by Crippen LogP contribution is -2.46. The van der Waals surface area contributed by atoms with Gasteiger partial charge in [0.1, 0.15) is 23.7 Å². The van der Waals surface area contributed by atoms with E-state index in [9.17, 15) is 14.7 Å². The maximum absolute atomic E-state index is 12.5. The first-order valence-corrected chi connectivity index (χ1v) is 11.3. The first-order chi connectivity index (χ1) is 15.3. The van der Waals surface area contributed by atoms with Crippen LogP contribution >= 0.6 is 12.6 Å². The van der Waals surface area contributed by atoms with Crippen LogP contribution < -0.4 is 15.4 Å². The van der Waals surface area contributed by atoms with E-state index in [4.69, 9.17) is 9.47 Å². The molecule has 1 aliphatic rings. The number of para-hydroxylation sites is 2. The van der Waals surface area contributed by atoms with Crippen LogP contribution in [0, 0.1) is 5.41 Å². The Bertz CT molecular complexity index is 904. The number of benzene rings is 2. The molecule has 172 valence electrons. The summed E-state index contributed by atoms with van der Waals surface area (Å²) in [5, 5.41) is 15.9. The summed E-state index contributed by atoms with van der Waals surface area (Å²) in [6, 6.07) is 15.3. The zero-order valence-corrected chi connectivity index (χ0v) is 19.2. The molecule has 0 bridgehead atoms. The summed E-state index contributed by atoms with van der Waals surface area (Å²) in [4.78, 5) is 24.1. The minimum Gasteiger partial charge on any atom is -0.457 e. The molecule has 1 atom stereocenters. The van der Waals surface area contributed by atoms with Crippen LogP contribution in [0.15, 0.2) is 48.5 Å². The second-order valence-corrected chi connectivity index (χ2v) is 8.82. The molecule has 32 heavy (non-hydrogen) atoms. The average molecular weight is 459 g/mol. The lowest BCUT2D eigenvalue weighted by Gasteiger charge is -2.33. The number of ether oxygens (including phenoxy) is 2. The van der Waals surface area contributed by atoms with Crippen LogP contribution in [0.2, 0.25) is 0 Å². The number of amides is 2. The van der Waals surface area contributed by atoms with Gasteiger partial charge in [-0.05, 0) is 12.1 Å². The van der Waals surface area contributed by atoms with Crippen LogP contribution in [0.4, 0.5) is 0 Å². The molecule has 0 saturated carbocycles. The summed E-state index contributed by atoms with van der Waals surface area (Å²) >= 11 is 4.03. The van der Waals surface area contributed by atoms with E-state index in [1.807, 2.05) is 48.5 Å². The van der Waals surface area contributed by atoms with Gasteiger partial charge in [-0.25, -0.2) is 0 Å². The lowest BCUT2D eigenvalue weighted by atomic mass is 9.86. The molecule has 0 aromatic heterocycles. The van der Waals surface area contributed by atoms with Crippen molar-refractivity contribution in [2.75, 3.05) is 25.4 Å². The van der Waals surface area contributed by atoms with E-state index < -0.39 is 17.4 Å². The Morgan fingerprint density at radius 1 is 1.06 bits per heavy atom. The number of carbonyl (C=O) groups is 2. The number of nitrogens with one attached hydrogen (secondary N) is 2. The number of carbonyl (C=O) groups excluding carboxylic acids is 2. The Morgan fingerprint density at radius 2 is 1.66 bits per heavy atom. The fourth-order valence-corrected chi connectivity index (χ4v) is 3.57. The fourth-order valence-electron chi connectivity index (χ4n) is 3.46. The number of thiol groups is 1. The van der Waals surface area contributed by atoms with E-state index >= 15 is 0 Å². The minimum absolute atomic E-state index is 0.136. The van der Waals surface area contributed by atoms with Crippen molar-refractivity contribution in [3.05, 3.63) is 59.7 Å². The first-order valence-electron chi connectivity index (χ1n) is 10.6. The third kappa shape index (κ3) is 5.82. The summed E-state index contributed by atoms with van der Waals surface area (Å²) in [6.07, 6.45) is -1.53. The van der Waals surface area contributed by atoms with Crippen molar-refractivity contribution in [3.8, 4) is 11.5 Å². The molecular weight excluding hydrogens is 428 g/mol. The minimum atomic E-state index is -1.30. The summed E-state index contributed by atoms with van der Waals surface area (Å²) in [5.41, 5.74) is 0.932. The zero-order chi connectivity index (χ0) is 23.1. The van der Waals surface area contributed by atoms with E-state index in [-0.39, 0.29) is 31.6 Å². The van der Waals surface area contributed by atoms with Gasteiger partial charge in [-0.2, -0.15) is 12.6 Å². The molecule has 7 nitrogen and oxygen atoms in total. The average Bonchev–Trinajstić information content (AvgIpc) is 2.79. The van der Waals surface area contributed by atoms with Crippen LogP contribution in [-0.4, -0.2) is 48.5 Å². The number of hydrogen-bond donors (Lipinski definition) is 4. The normalized spacial score (nSPS) is 14.0. The van der Waals surface area contributed by atoms with Gasteiger partial charge in [0.25, 0.3) is 0 Å². The standard InChI is InChI=1S/C24H30N2O5S/c1-24(2,22(28)23(29)26-12-11-20(27)25-13-14-32)15-30-21-16-7-3-5-9-18(16)31-19-10-6-4-8-17(19)21/h3-10,21-22,28,32H,11-15H2,1-2H3,(H,25,27)(H,26,29). The van der Waals surface area contributed by atoms with E-state index in [1.165, 1.54) is 0 Å². The fraction of sp³-hybridized carbons (Fsp3) is 0.417. The van der Waals surface area contributed by atoms with Crippen LogP contribution in [0.25, 0.3) is 0 Å². The largest absolute Gasteiger partial charge is 0.457 e. The molecule has 1 heterocycles.